The highest BCUT2D eigenvalue weighted by Gasteiger charge is 2.41. The van der Waals surface area contributed by atoms with Crippen molar-refractivity contribution < 1.29 is 17.9 Å². The molecule has 3 aromatic rings. The standard InChI is InChI=1S/C25H24N2O4S/c1-16(28)18-8-5-9-19(14-18)27-32(29,30)20-10-11-23-22(15-20)25-21(12-13-31-25)24(26-23)17-6-3-2-4-7-17/h2-11,14-15,21,24-27H,12-13H2,1H3. The van der Waals surface area contributed by atoms with Crippen molar-refractivity contribution in [3.8, 4) is 0 Å². The molecule has 3 aromatic carbocycles. The number of Topliss-reactive ketones (excluding diaryl/α,β-unsaturated/α-hetero) is 1. The molecule has 0 bridgehead atoms. The number of rotatable bonds is 5. The lowest BCUT2D eigenvalue weighted by Crippen LogP contribution is -2.29. The summed E-state index contributed by atoms with van der Waals surface area (Å²) < 4.78 is 34.8. The molecule has 1 fully saturated rings. The third-order valence-electron chi connectivity index (χ3n) is 6.20. The molecule has 164 valence electrons. The summed E-state index contributed by atoms with van der Waals surface area (Å²) in [6, 6.07) is 22.0. The van der Waals surface area contributed by atoms with Crippen molar-refractivity contribution in [1.82, 2.24) is 0 Å². The van der Waals surface area contributed by atoms with Crippen molar-refractivity contribution in [1.29, 1.82) is 0 Å². The highest BCUT2D eigenvalue weighted by Crippen LogP contribution is 2.50. The summed E-state index contributed by atoms with van der Waals surface area (Å²) in [4.78, 5) is 11.8. The van der Waals surface area contributed by atoms with E-state index < -0.39 is 10.0 Å². The monoisotopic (exact) mass is 448 g/mol. The number of anilines is 2. The molecule has 0 amide bonds. The average molecular weight is 449 g/mol. The van der Waals surface area contributed by atoms with Crippen molar-refractivity contribution in [2.45, 2.75) is 30.4 Å². The number of benzene rings is 3. The van der Waals surface area contributed by atoms with Gasteiger partial charge in [0.2, 0.25) is 0 Å². The first-order valence-corrected chi connectivity index (χ1v) is 12.1. The van der Waals surface area contributed by atoms with Crippen molar-refractivity contribution in [3.63, 3.8) is 0 Å². The minimum Gasteiger partial charge on any atom is -0.378 e. The normalized spacial score (nSPS) is 21.8. The Balaban J connectivity index is 1.47. The van der Waals surface area contributed by atoms with Gasteiger partial charge in [-0.05, 0) is 49.2 Å². The molecule has 3 unspecified atom stereocenters. The fourth-order valence-corrected chi connectivity index (χ4v) is 5.71. The maximum Gasteiger partial charge on any atom is 0.261 e. The van der Waals surface area contributed by atoms with E-state index in [1.165, 1.54) is 12.5 Å². The van der Waals surface area contributed by atoms with Crippen molar-refractivity contribution in [2.75, 3.05) is 16.6 Å². The number of carbonyl (C=O) groups is 1. The van der Waals surface area contributed by atoms with E-state index in [2.05, 4.69) is 22.2 Å². The summed E-state index contributed by atoms with van der Waals surface area (Å²) in [5.74, 6) is 0.103. The first kappa shape index (κ1) is 20.7. The molecule has 32 heavy (non-hydrogen) atoms. The number of nitrogens with one attached hydrogen (secondary N) is 2. The van der Waals surface area contributed by atoms with Crippen LogP contribution in [-0.4, -0.2) is 20.8 Å². The Kier molecular flexibility index (Phi) is 5.23. The van der Waals surface area contributed by atoms with Gasteiger partial charge >= 0.3 is 0 Å². The Hall–Kier alpha value is -3.16. The fourth-order valence-electron chi connectivity index (χ4n) is 4.62. The van der Waals surface area contributed by atoms with Crippen molar-refractivity contribution in [3.05, 3.63) is 89.5 Å². The first-order valence-electron chi connectivity index (χ1n) is 10.6. The van der Waals surface area contributed by atoms with E-state index in [0.29, 0.717) is 17.9 Å². The average Bonchev–Trinajstić information content (AvgIpc) is 3.29. The van der Waals surface area contributed by atoms with Crippen molar-refractivity contribution in [2.24, 2.45) is 5.92 Å². The maximum absolute atomic E-state index is 13.1. The smallest absolute Gasteiger partial charge is 0.261 e. The van der Waals surface area contributed by atoms with E-state index in [1.54, 1.807) is 36.4 Å². The summed E-state index contributed by atoms with van der Waals surface area (Å²) in [6.07, 6.45) is 0.747. The largest absolute Gasteiger partial charge is 0.378 e. The lowest BCUT2D eigenvalue weighted by atomic mass is 9.81. The van der Waals surface area contributed by atoms with Gasteiger partial charge < -0.3 is 10.1 Å². The molecule has 5 rings (SSSR count). The molecule has 0 radical (unpaired) electrons. The van der Waals surface area contributed by atoms with Crippen LogP contribution in [0.2, 0.25) is 0 Å². The molecule has 2 N–H and O–H groups in total. The number of hydrogen-bond acceptors (Lipinski definition) is 5. The summed E-state index contributed by atoms with van der Waals surface area (Å²) in [7, 11) is -3.83. The van der Waals surface area contributed by atoms with Crippen LogP contribution >= 0.6 is 0 Å². The second-order valence-corrected chi connectivity index (χ2v) is 9.95. The Bertz CT molecular complexity index is 1270. The van der Waals surface area contributed by atoms with Crippen LogP contribution in [0.1, 0.15) is 47.0 Å². The van der Waals surface area contributed by atoms with Crippen molar-refractivity contribution >= 4 is 27.2 Å². The van der Waals surface area contributed by atoms with Crippen LogP contribution in [-0.2, 0) is 14.8 Å². The third kappa shape index (κ3) is 3.78. The topological polar surface area (TPSA) is 84.5 Å². The molecular formula is C25H24N2O4S. The zero-order chi connectivity index (χ0) is 22.3. The molecule has 0 saturated carbocycles. The zero-order valence-corrected chi connectivity index (χ0v) is 18.4. The van der Waals surface area contributed by atoms with Gasteiger partial charge in [-0.3, -0.25) is 9.52 Å². The molecule has 0 aromatic heterocycles. The summed E-state index contributed by atoms with van der Waals surface area (Å²) in [5.41, 5.74) is 3.75. The predicted octanol–water partition coefficient (Wildman–Crippen LogP) is 4.93. The molecule has 6 nitrogen and oxygen atoms in total. The Morgan fingerprint density at radius 1 is 1.03 bits per heavy atom. The molecule has 2 heterocycles. The predicted molar refractivity (Wildman–Crippen MR) is 123 cm³/mol. The minimum absolute atomic E-state index is 0.117. The van der Waals surface area contributed by atoms with Crippen LogP contribution < -0.4 is 10.0 Å². The fraction of sp³-hybridized carbons (Fsp3) is 0.240. The summed E-state index contributed by atoms with van der Waals surface area (Å²) in [6.45, 7) is 2.09. The number of hydrogen-bond donors (Lipinski definition) is 2. The van der Waals surface area contributed by atoms with Crippen LogP contribution in [0.5, 0.6) is 0 Å². The van der Waals surface area contributed by atoms with Crippen LogP contribution in [0.15, 0.2) is 77.7 Å². The molecule has 7 heteroatoms. The van der Waals surface area contributed by atoms with Crippen LogP contribution in [0, 0.1) is 5.92 Å². The quantitative estimate of drug-likeness (QED) is 0.541. The van der Waals surface area contributed by atoms with Gasteiger partial charge in [0.25, 0.3) is 10.0 Å². The molecule has 1 saturated heterocycles. The van der Waals surface area contributed by atoms with E-state index in [1.807, 2.05) is 24.3 Å². The van der Waals surface area contributed by atoms with Gasteiger partial charge in [0.05, 0.1) is 17.0 Å². The van der Waals surface area contributed by atoms with Gasteiger partial charge in [-0.2, -0.15) is 0 Å². The lowest BCUT2D eigenvalue weighted by molar-refractivity contribution is 0.0827. The zero-order valence-electron chi connectivity index (χ0n) is 17.6. The number of sulfonamides is 1. The first-order chi connectivity index (χ1) is 15.4. The van der Waals surface area contributed by atoms with Gasteiger partial charge in [0.15, 0.2) is 5.78 Å². The Morgan fingerprint density at radius 2 is 1.84 bits per heavy atom. The third-order valence-corrected chi connectivity index (χ3v) is 7.58. The molecular weight excluding hydrogens is 424 g/mol. The second-order valence-electron chi connectivity index (χ2n) is 8.27. The SMILES string of the molecule is CC(=O)c1cccc(NS(=O)(=O)c2ccc3c(c2)C2OCCC2C(c2ccccc2)N3)c1. The molecule has 3 atom stereocenters. The Labute approximate surface area is 187 Å². The van der Waals surface area contributed by atoms with Gasteiger partial charge in [-0.25, -0.2) is 8.42 Å². The van der Waals surface area contributed by atoms with Gasteiger partial charge in [0, 0.05) is 35.0 Å². The highest BCUT2D eigenvalue weighted by atomic mass is 32.2. The number of ether oxygens (including phenoxy) is 1. The van der Waals surface area contributed by atoms with E-state index in [9.17, 15) is 13.2 Å². The van der Waals surface area contributed by atoms with E-state index in [0.717, 1.165) is 17.7 Å². The van der Waals surface area contributed by atoms with E-state index in [4.69, 9.17) is 4.74 Å². The number of fused-ring (bicyclic) bond motifs is 3. The number of carbonyl (C=O) groups excluding carboxylic acids is 1. The summed E-state index contributed by atoms with van der Waals surface area (Å²) in [5, 5.41) is 3.60. The lowest BCUT2D eigenvalue weighted by Gasteiger charge is -2.36. The van der Waals surface area contributed by atoms with Gasteiger partial charge in [-0.15, -0.1) is 0 Å². The van der Waals surface area contributed by atoms with Crippen LogP contribution in [0.3, 0.4) is 0 Å². The maximum atomic E-state index is 13.1. The van der Waals surface area contributed by atoms with Gasteiger partial charge in [0.1, 0.15) is 0 Å². The van der Waals surface area contributed by atoms with Crippen LogP contribution in [0.4, 0.5) is 11.4 Å². The molecule has 2 aliphatic heterocycles. The highest BCUT2D eigenvalue weighted by molar-refractivity contribution is 7.92. The molecule has 2 aliphatic rings. The molecule has 0 spiro atoms. The number of ketones is 1. The van der Waals surface area contributed by atoms with Crippen LogP contribution in [0.25, 0.3) is 0 Å². The Morgan fingerprint density at radius 3 is 2.62 bits per heavy atom. The van der Waals surface area contributed by atoms with E-state index in [-0.39, 0.29) is 28.7 Å². The van der Waals surface area contributed by atoms with Gasteiger partial charge in [-0.1, -0.05) is 42.5 Å². The second kappa shape index (κ2) is 8.07. The summed E-state index contributed by atoms with van der Waals surface area (Å²) >= 11 is 0. The van der Waals surface area contributed by atoms with E-state index >= 15 is 0 Å². The minimum atomic E-state index is -3.83. The molecule has 0 aliphatic carbocycles.